The standard InChI is InChI=1S/C14H16BrFN2O2/c1-9(19)17-5-4-13(20)18-6-2-3-10-7-11(15)8-12(16)14(10)18/h7-8H,2-6H2,1H3,(H,17,19). The molecule has 0 radical (unpaired) electrons. The first-order valence-corrected chi connectivity index (χ1v) is 7.31. The smallest absolute Gasteiger partial charge is 0.228 e. The number of hydrogen-bond donors (Lipinski definition) is 1. The molecule has 0 atom stereocenters. The lowest BCUT2D eigenvalue weighted by Crippen LogP contribution is -2.38. The largest absolute Gasteiger partial charge is 0.356 e. The Labute approximate surface area is 125 Å². The fourth-order valence-corrected chi connectivity index (χ4v) is 2.86. The van der Waals surface area contributed by atoms with Crippen molar-refractivity contribution in [3.05, 3.63) is 28.0 Å². The van der Waals surface area contributed by atoms with Gasteiger partial charge in [-0.05, 0) is 30.5 Å². The van der Waals surface area contributed by atoms with Crippen LogP contribution in [0.4, 0.5) is 10.1 Å². The zero-order valence-electron chi connectivity index (χ0n) is 11.2. The minimum absolute atomic E-state index is 0.166. The van der Waals surface area contributed by atoms with Crippen molar-refractivity contribution in [1.29, 1.82) is 0 Å². The number of fused-ring (bicyclic) bond motifs is 1. The number of nitrogens with zero attached hydrogens (tertiary/aromatic N) is 1. The summed E-state index contributed by atoms with van der Waals surface area (Å²) in [6.45, 7) is 2.19. The number of nitrogens with one attached hydrogen (secondary N) is 1. The fraction of sp³-hybridized carbons (Fsp3) is 0.429. The Hall–Kier alpha value is -1.43. The van der Waals surface area contributed by atoms with Gasteiger partial charge in [0.05, 0.1) is 5.69 Å². The number of benzene rings is 1. The molecule has 108 valence electrons. The average Bonchev–Trinajstić information content (AvgIpc) is 2.36. The molecule has 1 aliphatic rings. The summed E-state index contributed by atoms with van der Waals surface area (Å²) in [5.74, 6) is -0.727. The predicted octanol–water partition coefficient (Wildman–Crippen LogP) is 2.39. The van der Waals surface area contributed by atoms with Crippen molar-refractivity contribution in [2.75, 3.05) is 18.0 Å². The Balaban J connectivity index is 2.15. The SMILES string of the molecule is CC(=O)NCCC(=O)N1CCCc2cc(Br)cc(F)c21. The zero-order chi connectivity index (χ0) is 14.7. The van der Waals surface area contributed by atoms with E-state index < -0.39 is 0 Å². The summed E-state index contributed by atoms with van der Waals surface area (Å²) in [5.41, 5.74) is 1.23. The normalized spacial score (nSPS) is 13.8. The summed E-state index contributed by atoms with van der Waals surface area (Å²) in [6.07, 6.45) is 1.75. The van der Waals surface area contributed by atoms with Crippen LogP contribution in [-0.4, -0.2) is 24.9 Å². The molecule has 4 nitrogen and oxygen atoms in total. The van der Waals surface area contributed by atoms with E-state index in [0.29, 0.717) is 16.7 Å². The van der Waals surface area contributed by atoms with E-state index >= 15 is 0 Å². The van der Waals surface area contributed by atoms with Gasteiger partial charge in [0.2, 0.25) is 11.8 Å². The third kappa shape index (κ3) is 3.36. The molecule has 20 heavy (non-hydrogen) atoms. The molecule has 2 amide bonds. The quantitative estimate of drug-likeness (QED) is 0.916. The van der Waals surface area contributed by atoms with Crippen molar-refractivity contribution < 1.29 is 14.0 Å². The van der Waals surface area contributed by atoms with Crippen LogP contribution < -0.4 is 10.2 Å². The molecule has 1 aromatic rings. The molecule has 0 aliphatic carbocycles. The van der Waals surface area contributed by atoms with Crippen molar-refractivity contribution in [2.24, 2.45) is 0 Å². The first-order chi connectivity index (χ1) is 9.49. The van der Waals surface area contributed by atoms with Crippen LogP contribution in [0.5, 0.6) is 0 Å². The molecule has 0 unspecified atom stereocenters. The predicted molar refractivity (Wildman–Crippen MR) is 78.1 cm³/mol. The van der Waals surface area contributed by atoms with E-state index in [9.17, 15) is 14.0 Å². The number of carbonyl (C=O) groups excluding carboxylic acids is 2. The highest BCUT2D eigenvalue weighted by molar-refractivity contribution is 9.10. The highest BCUT2D eigenvalue weighted by Crippen LogP contribution is 2.33. The van der Waals surface area contributed by atoms with E-state index in [0.717, 1.165) is 18.4 Å². The van der Waals surface area contributed by atoms with Gasteiger partial charge in [-0.3, -0.25) is 9.59 Å². The van der Waals surface area contributed by atoms with Gasteiger partial charge >= 0.3 is 0 Å². The summed E-state index contributed by atoms with van der Waals surface area (Å²) in [7, 11) is 0. The van der Waals surface area contributed by atoms with Crippen LogP contribution in [0.15, 0.2) is 16.6 Å². The van der Waals surface area contributed by atoms with E-state index in [2.05, 4.69) is 21.2 Å². The minimum atomic E-state index is -0.387. The summed E-state index contributed by atoms with van der Waals surface area (Å²) in [4.78, 5) is 24.5. The minimum Gasteiger partial charge on any atom is -0.356 e. The second-order valence-electron chi connectivity index (χ2n) is 4.78. The molecule has 6 heteroatoms. The van der Waals surface area contributed by atoms with Gasteiger partial charge < -0.3 is 10.2 Å². The van der Waals surface area contributed by atoms with Gasteiger partial charge in [-0.25, -0.2) is 4.39 Å². The molecular formula is C14H16BrFN2O2. The molecule has 2 rings (SSSR count). The second kappa shape index (κ2) is 6.35. The van der Waals surface area contributed by atoms with E-state index in [1.54, 1.807) is 0 Å². The molecule has 0 aromatic heterocycles. The highest BCUT2D eigenvalue weighted by Gasteiger charge is 2.25. The first-order valence-electron chi connectivity index (χ1n) is 6.52. The van der Waals surface area contributed by atoms with Gasteiger partial charge in [0, 0.05) is 30.9 Å². The number of amides is 2. The van der Waals surface area contributed by atoms with Gasteiger partial charge in [-0.1, -0.05) is 15.9 Å². The molecular weight excluding hydrogens is 327 g/mol. The summed E-state index contributed by atoms with van der Waals surface area (Å²) in [6, 6.07) is 3.23. The molecule has 1 N–H and O–H groups in total. The third-order valence-electron chi connectivity index (χ3n) is 3.22. The number of hydrogen-bond acceptors (Lipinski definition) is 2. The lowest BCUT2D eigenvalue weighted by atomic mass is 10.0. The van der Waals surface area contributed by atoms with Gasteiger partial charge in [-0.2, -0.15) is 0 Å². The van der Waals surface area contributed by atoms with Gasteiger partial charge in [-0.15, -0.1) is 0 Å². The maximum Gasteiger partial charge on any atom is 0.228 e. The molecule has 0 spiro atoms. The van der Waals surface area contributed by atoms with Crippen molar-refractivity contribution in [3.63, 3.8) is 0 Å². The van der Waals surface area contributed by atoms with Crippen LogP contribution in [-0.2, 0) is 16.0 Å². The summed E-state index contributed by atoms with van der Waals surface area (Å²) in [5, 5.41) is 2.58. The zero-order valence-corrected chi connectivity index (χ0v) is 12.8. The van der Waals surface area contributed by atoms with E-state index in [1.165, 1.54) is 17.9 Å². The van der Waals surface area contributed by atoms with Crippen LogP contribution in [0.3, 0.4) is 0 Å². The Morgan fingerprint density at radius 2 is 2.20 bits per heavy atom. The molecule has 1 aliphatic heterocycles. The van der Waals surface area contributed by atoms with Crippen molar-refractivity contribution >= 4 is 33.4 Å². The molecule has 1 aromatic carbocycles. The van der Waals surface area contributed by atoms with Crippen molar-refractivity contribution in [1.82, 2.24) is 5.32 Å². The monoisotopic (exact) mass is 342 g/mol. The summed E-state index contributed by atoms with van der Waals surface area (Å²) >= 11 is 3.27. The van der Waals surface area contributed by atoms with Crippen molar-refractivity contribution in [3.8, 4) is 0 Å². The van der Waals surface area contributed by atoms with Crippen LogP contribution in [0, 0.1) is 5.82 Å². The maximum atomic E-state index is 14.1. The topological polar surface area (TPSA) is 49.4 Å². The van der Waals surface area contributed by atoms with Crippen LogP contribution in [0.2, 0.25) is 0 Å². The van der Waals surface area contributed by atoms with Gasteiger partial charge in [0.1, 0.15) is 5.82 Å². The number of aryl methyl sites for hydroxylation is 1. The van der Waals surface area contributed by atoms with Gasteiger partial charge in [0.15, 0.2) is 0 Å². The lowest BCUT2D eigenvalue weighted by Gasteiger charge is -2.30. The Kier molecular flexibility index (Phi) is 4.75. The van der Waals surface area contributed by atoms with Crippen molar-refractivity contribution in [2.45, 2.75) is 26.2 Å². The number of halogens is 2. The fourth-order valence-electron chi connectivity index (χ4n) is 2.38. The Bertz CT molecular complexity index is 548. The van der Waals surface area contributed by atoms with Crippen LogP contribution in [0.25, 0.3) is 0 Å². The van der Waals surface area contributed by atoms with Crippen LogP contribution in [0.1, 0.15) is 25.3 Å². The first kappa shape index (κ1) is 15.0. The second-order valence-corrected chi connectivity index (χ2v) is 5.69. The highest BCUT2D eigenvalue weighted by atomic mass is 79.9. The van der Waals surface area contributed by atoms with Gasteiger partial charge in [0.25, 0.3) is 0 Å². The lowest BCUT2D eigenvalue weighted by molar-refractivity contribution is -0.120. The van der Waals surface area contributed by atoms with E-state index in [-0.39, 0.29) is 30.6 Å². The number of anilines is 1. The molecule has 0 saturated heterocycles. The summed E-state index contributed by atoms with van der Waals surface area (Å²) < 4.78 is 14.8. The number of rotatable bonds is 3. The molecule has 1 heterocycles. The van der Waals surface area contributed by atoms with Crippen LogP contribution >= 0.6 is 15.9 Å². The Morgan fingerprint density at radius 3 is 2.90 bits per heavy atom. The molecule has 0 bridgehead atoms. The molecule has 0 saturated carbocycles. The third-order valence-corrected chi connectivity index (χ3v) is 3.68. The Morgan fingerprint density at radius 1 is 1.45 bits per heavy atom. The maximum absolute atomic E-state index is 14.1. The van der Waals surface area contributed by atoms with E-state index in [4.69, 9.17) is 0 Å². The van der Waals surface area contributed by atoms with E-state index in [1.807, 2.05) is 6.07 Å². The average molecular weight is 343 g/mol. The molecule has 0 fully saturated rings. The number of carbonyl (C=O) groups is 2.